The van der Waals surface area contributed by atoms with Crippen LogP contribution in [0.3, 0.4) is 0 Å². The highest BCUT2D eigenvalue weighted by molar-refractivity contribution is 7.17. The number of hydrogen-bond donors (Lipinski definition) is 1. The van der Waals surface area contributed by atoms with Crippen molar-refractivity contribution in [2.75, 3.05) is 11.9 Å². The summed E-state index contributed by atoms with van der Waals surface area (Å²) < 4.78 is 6.19. The Balaban J connectivity index is 2.06. The van der Waals surface area contributed by atoms with Crippen LogP contribution in [0.5, 0.6) is 0 Å². The van der Waals surface area contributed by atoms with Crippen LogP contribution in [0.2, 0.25) is 0 Å². The minimum absolute atomic E-state index is 0.118. The number of amides is 1. The van der Waals surface area contributed by atoms with Gasteiger partial charge in [0.1, 0.15) is 11.4 Å². The number of nitrogens with one attached hydrogen (secondary N) is 1. The van der Waals surface area contributed by atoms with Crippen LogP contribution in [0.25, 0.3) is 0 Å². The Bertz CT molecular complexity index is 751. The summed E-state index contributed by atoms with van der Waals surface area (Å²) in [5.41, 5.74) is 0.232. The van der Waals surface area contributed by atoms with Crippen molar-refractivity contribution in [3.05, 3.63) is 45.3 Å². The van der Waals surface area contributed by atoms with Gasteiger partial charge < -0.3 is 14.6 Å². The van der Waals surface area contributed by atoms with E-state index in [9.17, 15) is 14.4 Å². The molecule has 0 aliphatic carbocycles. The van der Waals surface area contributed by atoms with E-state index in [1.807, 2.05) is 0 Å². The number of aromatic nitrogens is 2. The van der Waals surface area contributed by atoms with Gasteiger partial charge in [0.25, 0.3) is 5.56 Å². The molecule has 7 nitrogen and oxygen atoms in total. The summed E-state index contributed by atoms with van der Waals surface area (Å²) in [4.78, 5) is 39.6. The van der Waals surface area contributed by atoms with E-state index in [1.165, 1.54) is 16.8 Å². The summed E-state index contributed by atoms with van der Waals surface area (Å²) >= 11 is 1.05. The Labute approximate surface area is 130 Å². The lowest BCUT2D eigenvalue weighted by molar-refractivity contribution is -0.116. The molecule has 2 heterocycles. The van der Waals surface area contributed by atoms with Crippen molar-refractivity contribution < 1.29 is 14.3 Å². The van der Waals surface area contributed by atoms with Crippen LogP contribution in [0.1, 0.15) is 22.3 Å². The molecule has 0 radical (unpaired) electrons. The molecule has 0 aliphatic heterocycles. The third kappa shape index (κ3) is 3.79. The topological polar surface area (TPSA) is 90.3 Å². The molecule has 0 spiro atoms. The van der Waals surface area contributed by atoms with Gasteiger partial charge in [-0.2, -0.15) is 0 Å². The van der Waals surface area contributed by atoms with Gasteiger partial charge >= 0.3 is 5.97 Å². The van der Waals surface area contributed by atoms with Gasteiger partial charge in [-0.3, -0.25) is 9.59 Å². The molecule has 0 saturated carbocycles. The largest absolute Gasteiger partial charge is 0.462 e. The van der Waals surface area contributed by atoms with Gasteiger partial charge in [0.2, 0.25) is 5.91 Å². The average molecular weight is 321 g/mol. The number of ether oxygens (including phenoxy) is 1. The zero-order chi connectivity index (χ0) is 16.1. The Morgan fingerprint density at radius 1 is 1.41 bits per heavy atom. The summed E-state index contributed by atoms with van der Waals surface area (Å²) in [5, 5.41) is 2.88. The quantitative estimate of drug-likeness (QED) is 0.841. The Hall–Kier alpha value is -2.48. The van der Waals surface area contributed by atoms with Gasteiger partial charge in [-0.1, -0.05) is 17.4 Å². The van der Waals surface area contributed by atoms with Crippen molar-refractivity contribution >= 4 is 28.3 Å². The number of anilines is 1. The fourth-order valence-electron chi connectivity index (χ4n) is 1.74. The molecule has 2 aromatic rings. The van der Waals surface area contributed by atoms with E-state index in [2.05, 4.69) is 10.3 Å². The highest BCUT2D eigenvalue weighted by Gasteiger charge is 2.17. The monoisotopic (exact) mass is 321 g/mol. The minimum atomic E-state index is -0.461. The summed E-state index contributed by atoms with van der Waals surface area (Å²) in [6.45, 7) is 3.54. The maximum Gasteiger partial charge on any atom is 0.350 e. The third-order valence-corrected chi connectivity index (χ3v) is 3.77. The van der Waals surface area contributed by atoms with E-state index in [0.29, 0.717) is 15.7 Å². The number of nitrogens with zero attached hydrogens (tertiary/aromatic N) is 2. The van der Waals surface area contributed by atoms with E-state index in [4.69, 9.17) is 4.74 Å². The molecule has 1 N–H and O–H groups in total. The molecule has 2 aromatic heterocycles. The lowest BCUT2D eigenvalue weighted by atomic mass is 10.4. The molecule has 22 heavy (non-hydrogen) atoms. The standard InChI is InChI=1S/C14H15N3O4S/c1-3-21-13(20)12-9(2)15-14(22-12)16-10(18)8-17-7-5-4-6-11(17)19/h4-7H,3,8H2,1-2H3,(H,15,16,18). The molecule has 0 unspecified atom stereocenters. The Kier molecular flexibility index (Phi) is 5.05. The summed E-state index contributed by atoms with van der Waals surface area (Å²) in [6, 6.07) is 4.65. The molecule has 2 rings (SSSR count). The van der Waals surface area contributed by atoms with Crippen molar-refractivity contribution in [2.24, 2.45) is 0 Å². The van der Waals surface area contributed by atoms with Crippen molar-refractivity contribution in [3.63, 3.8) is 0 Å². The number of hydrogen-bond acceptors (Lipinski definition) is 6. The van der Waals surface area contributed by atoms with E-state index in [-0.39, 0.29) is 18.7 Å². The average Bonchev–Trinajstić information content (AvgIpc) is 2.82. The van der Waals surface area contributed by atoms with E-state index >= 15 is 0 Å². The number of carbonyl (C=O) groups is 2. The van der Waals surface area contributed by atoms with Gasteiger partial charge in [-0.15, -0.1) is 0 Å². The second-order valence-corrected chi connectivity index (χ2v) is 5.37. The normalized spacial score (nSPS) is 10.3. The molecule has 0 aromatic carbocycles. The smallest absolute Gasteiger partial charge is 0.350 e. The van der Waals surface area contributed by atoms with Crippen LogP contribution in [-0.4, -0.2) is 28.0 Å². The van der Waals surface area contributed by atoms with Crippen molar-refractivity contribution in [3.8, 4) is 0 Å². The van der Waals surface area contributed by atoms with Crippen LogP contribution in [-0.2, 0) is 16.1 Å². The molecule has 1 amide bonds. The number of aryl methyl sites for hydroxylation is 1. The number of carbonyl (C=O) groups excluding carboxylic acids is 2. The van der Waals surface area contributed by atoms with Crippen LogP contribution in [0.15, 0.2) is 29.2 Å². The SMILES string of the molecule is CCOC(=O)c1sc(NC(=O)Cn2ccccc2=O)nc1C. The zero-order valence-corrected chi connectivity index (χ0v) is 13.0. The van der Waals surface area contributed by atoms with E-state index in [0.717, 1.165) is 11.3 Å². The summed E-state index contributed by atoms with van der Waals surface area (Å²) in [6.07, 6.45) is 1.53. The van der Waals surface area contributed by atoms with Crippen molar-refractivity contribution in [1.82, 2.24) is 9.55 Å². The number of thiazole rings is 1. The van der Waals surface area contributed by atoms with Gasteiger partial charge in [-0.25, -0.2) is 9.78 Å². The molecule has 0 aliphatic rings. The van der Waals surface area contributed by atoms with Crippen molar-refractivity contribution in [2.45, 2.75) is 20.4 Å². The Morgan fingerprint density at radius 2 is 2.18 bits per heavy atom. The summed E-state index contributed by atoms with van der Waals surface area (Å²) in [5.74, 6) is -0.852. The first-order valence-electron chi connectivity index (χ1n) is 6.61. The van der Waals surface area contributed by atoms with Gasteiger partial charge in [0.05, 0.1) is 12.3 Å². The second-order valence-electron chi connectivity index (χ2n) is 4.37. The lowest BCUT2D eigenvalue weighted by Gasteiger charge is -2.04. The minimum Gasteiger partial charge on any atom is -0.462 e. The van der Waals surface area contributed by atoms with Crippen molar-refractivity contribution in [1.29, 1.82) is 0 Å². The highest BCUT2D eigenvalue weighted by Crippen LogP contribution is 2.23. The molecular formula is C14H15N3O4S. The zero-order valence-electron chi connectivity index (χ0n) is 12.2. The van der Waals surface area contributed by atoms with E-state index in [1.54, 1.807) is 26.0 Å². The number of rotatable bonds is 5. The van der Waals surface area contributed by atoms with Crippen LogP contribution >= 0.6 is 11.3 Å². The fraction of sp³-hybridized carbons (Fsp3) is 0.286. The predicted molar refractivity (Wildman–Crippen MR) is 82.1 cm³/mol. The first-order chi connectivity index (χ1) is 10.5. The van der Waals surface area contributed by atoms with Crippen LogP contribution in [0, 0.1) is 6.92 Å². The second kappa shape index (κ2) is 6.99. The molecule has 0 fully saturated rings. The maximum absolute atomic E-state index is 11.9. The molecule has 116 valence electrons. The third-order valence-electron chi connectivity index (χ3n) is 2.72. The number of esters is 1. The first-order valence-corrected chi connectivity index (χ1v) is 7.42. The highest BCUT2D eigenvalue weighted by atomic mass is 32.1. The number of pyridine rings is 1. The molecule has 0 saturated heterocycles. The van der Waals surface area contributed by atoms with Gasteiger partial charge in [-0.05, 0) is 19.9 Å². The Morgan fingerprint density at radius 3 is 2.86 bits per heavy atom. The lowest BCUT2D eigenvalue weighted by Crippen LogP contribution is -2.26. The van der Waals surface area contributed by atoms with Crippen LogP contribution < -0.4 is 10.9 Å². The van der Waals surface area contributed by atoms with Crippen LogP contribution in [0.4, 0.5) is 5.13 Å². The predicted octanol–water partition coefficient (Wildman–Crippen LogP) is 1.43. The molecular weight excluding hydrogens is 306 g/mol. The van der Waals surface area contributed by atoms with Gasteiger partial charge in [0, 0.05) is 12.3 Å². The first kappa shape index (κ1) is 15.9. The molecule has 8 heteroatoms. The molecule has 0 atom stereocenters. The van der Waals surface area contributed by atoms with E-state index < -0.39 is 11.9 Å². The van der Waals surface area contributed by atoms with Gasteiger partial charge in [0.15, 0.2) is 5.13 Å². The summed E-state index contributed by atoms with van der Waals surface area (Å²) in [7, 11) is 0. The maximum atomic E-state index is 11.9. The fourth-order valence-corrected chi connectivity index (χ4v) is 2.62. The molecule has 0 bridgehead atoms.